The highest BCUT2D eigenvalue weighted by atomic mass is 79.9. The standard InChI is InChI=1S/C12H13BrN2O/c1-3-4-10(14)12(16)15-11-6-5-9(13)7-8(11)2/h1,5-7,10H,4,14H2,2H3,(H,15,16). The number of nitrogens with one attached hydrogen (secondary N) is 1. The molecule has 0 aliphatic heterocycles. The normalized spacial score (nSPS) is 11.6. The summed E-state index contributed by atoms with van der Waals surface area (Å²) in [5.74, 6) is 2.10. The van der Waals surface area contributed by atoms with Crippen molar-refractivity contribution in [3.8, 4) is 12.3 Å². The van der Waals surface area contributed by atoms with Gasteiger partial charge in [0, 0.05) is 16.6 Å². The van der Waals surface area contributed by atoms with Gasteiger partial charge in [0.1, 0.15) is 0 Å². The smallest absolute Gasteiger partial charge is 0.242 e. The fraction of sp³-hybridized carbons (Fsp3) is 0.250. The zero-order chi connectivity index (χ0) is 12.1. The van der Waals surface area contributed by atoms with Gasteiger partial charge in [-0.15, -0.1) is 12.3 Å². The minimum Gasteiger partial charge on any atom is -0.324 e. The van der Waals surface area contributed by atoms with Gasteiger partial charge in [0.15, 0.2) is 0 Å². The molecule has 0 spiro atoms. The molecule has 3 nitrogen and oxygen atoms in total. The van der Waals surface area contributed by atoms with E-state index in [1.54, 1.807) is 0 Å². The first-order valence-electron chi connectivity index (χ1n) is 4.80. The molecule has 0 saturated carbocycles. The van der Waals surface area contributed by atoms with Gasteiger partial charge in [0.25, 0.3) is 0 Å². The van der Waals surface area contributed by atoms with Gasteiger partial charge in [0.2, 0.25) is 5.91 Å². The molecule has 0 aliphatic rings. The third-order valence-corrected chi connectivity index (χ3v) is 2.61. The summed E-state index contributed by atoms with van der Waals surface area (Å²) in [4.78, 5) is 11.6. The quantitative estimate of drug-likeness (QED) is 0.833. The number of carbonyl (C=O) groups excluding carboxylic acids is 1. The minimum absolute atomic E-state index is 0.238. The summed E-state index contributed by atoms with van der Waals surface area (Å²) in [7, 11) is 0. The highest BCUT2D eigenvalue weighted by molar-refractivity contribution is 9.10. The molecule has 0 saturated heterocycles. The van der Waals surface area contributed by atoms with E-state index in [-0.39, 0.29) is 12.3 Å². The van der Waals surface area contributed by atoms with Crippen LogP contribution in [-0.4, -0.2) is 11.9 Å². The van der Waals surface area contributed by atoms with E-state index in [2.05, 4.69) is 27.2 Å². The number of rotatable bonds is 3. The fourth-order valence-electron chi connectivity index (χ4n) is 1.21. The van der Waals surface area contributed by atoms with Gasteiger partial charge < -0.3 is 11.1 Å². The first-order valence-corrected chi connectivity index (χ1v) is 5.60. The van der Waals surface area contributed by atoms with Gasteiger partial charge in [-0.1, -0.05) is 15.9 Å². The number of halogens is 1. The molecule has 0 radical (unpaired) electrons. The predicted molar refractivity (Wildman–Crippen MR) is 68.9 cm³/mol. The molecule has 3 N–H and O–H groups in total. The van der Waals surface area contributed by atoms with Crippen LogP contribution in [0.5, 0.6) is 0 Å². The molecular weight excluding hydrogens is 268 g/mol. The Morgan fingerprint density at radius 1 is 1.69 bits per heavy atom. The average Bonchev–Trinajstić information content (AvgIpc) is 2.22. The molecule has 84 valence electrons. The summed E-state index contributed by atoms with van der Waals surface area (Å²) >= 11 is 3.35. The Morgan fingerprint density at radius 3 is 2.94 bits per heavy atom. The summed E-state index contributed by atoms with van der Waals surface area (Å²) in [5.41, 5.74) is 7.31. The van der Waals surface area contributed by atoms with Crippen LogP contribution in [0.3, 0.4) is 0 Å². The third-order valence-electron chi connectivity index (χ3n) is 2.12. The molecule has 1 atom stereocenters. The molecule has 4 heteroatoms. The maximum atomic E-state index is 11.6. The van der Waals surface area contributed by atoms with Crippen LogP contribution in [0.1, 0.15) is 12.0 Å². The molecule has 1 aromatic rings. The summed E-state index contributed by atoms with van der Waals surface area (Å²) in [6.07, 6.45) is 5.33. The number of amides is 1. The van der Waals surface area contributed by atoms with E-state index >= 15 is 0 Å². The van der Waals surface area contributed by atoms with Gasteiger partial charge in [-0.3, -0.25) is 4.79 Å². The lowest BCUT2D eigenvalue weighted by Gasteiger charge is -2.11. The first kappa shape index (κ1) is 12.8. The Labute approximate surface area is 104 Å². The van der Waals surface area contributed by atoms with Crippen LogP contribution in [-0.2, 0) is 4.79 Å². The highest BCUT2D eigenvalue weighted by Crippen LogP contribution is 2.20. The van der Waals surface area contributed by atoms with Crippen molar-refractivity contribution in [1.82, 2.24) is 0 Å². The summed E-state index contributed by atoms with van der Waals surface area (Å²) < 4.78 is 0.968. The second kappa shape index (κ2) is 5.69. The summed E-state index contributed by atoms with van der Waals surface area (Å²) in [6.45, 7) is 1.91. The van der Waals surface area contributed by atoms with Crippen LogP contribution < -0.4 is 11.1 Å². The Balaban J connectivity index is 2.74. The topological polar surface area (TPSA) is 55.1 Å². The molecule has 0 heterocycles. The third kappa shape index (κ3) is 3.37. The molecule has 1 amide bonds. The van der Waals surface area contributed by atoms with Crippen LogP contribution in [0, 0.1) is 19.3 Å². The number of benzene rings is 1. The number of hydrogen-bond acceptors (Lipinski definition) is 2. The lowest BCUT2D eigenvalue weighted by Crippen LogP contribution is -2.35. The average molecular weight is 281 g/mol. The van der Waals surface area contributed by atoms with Gasteiger partial charge in [0.05, 0.1) is 6.04 Å². The molecule has 1 aromatic carbocycles. The number of carbonyl (C=O) groups is 1. The van der Waals surface area contributed by atoms with Crippen molar-refractivity contribution in [2.45, 2.75) is 19.4 Å². The zero-order valence-electron chi connectivity index (χ0n) is 8.96. The lowest BCUT2D eigenvalue weighted by molar-refractivity contribution is -0.117. The van der Waals surface area contributed by atoms with E-state index in [9.17, 15) is 4.79 Å². The molecule has 1 unspecified atom stereocenters. The molecule has 16 heavy (non-hydrogen) atoms. The summed E-state index contributed by atoms with van der Waals surface area (Å²) in [5, 5.41) is 2.74. The second-order valence-corrected chi connectivity index (χ2v) is 4.38. The van der Waals surface area contributed by atoms with Gasteiger partial charge in [-0.25, -0.2) is 0 Å². The molecular formula is C12H13BrN2O. The highest BCUT2D eigenvalue weighted by Gasteiger charge is 2.12. The van der Waals surface area contributed by atoms with Gasteiger partial charge in [-0.2, -0.15) is 0 Å². The Kier molecular flexibility index (Phi) is 4.53. The predicted octanol–water partition coefficient (Wildman–Crippen LogP) is 2.05. The van der Waals surface area contributed by atoms with Crippen molar-refractivity contribution in [2.75, 3.05) is 5.32 Å². The summed E-state index contributed by atoms with van der Waals surface area (Å²) in [6, 6.07) is 4.94. The Bertz CT molecular complexity index is 437. The van der Waals surface area contributed by atoms with E-state index < -0.39 is 6.04 Å². The van der Waals surface area contributed by atoms with Crippen molar-refractivity contribution in [2.24, 2.45) is 5.73 Å². The largest absolute Gasteiger partial charge is 0.324 e. The fourth-order valence-corrected chi connectivity index (χ4v) is 1.69. The lowest BCUT2D eigenvalue weighted by atomic mass is 10.1. The zero-order valence-corrected chi connectivity index (χ0v) is 10.5. The second-order valence-electron chi connectivity index (χ2n) is 3.46. The number of hydrogen-bond donors (Lipinski definition) is 2. The molecule has 0 fully saturated rings. The van der Waals surface area contributed by atoms with Crippen molar-refractivity contribution in [3.63, 3.8) is 0 Å². The van der Waals surface area contributed by atoms with Crippen molar-refractivity contribution in [3.05, 3.63) is 28.2 Å². The maximum absolute atomic E-state index is 11.6. The van der Waals surface area contributed by atoms with E-state index in [1.165, 1.54) is 0 Å². The van der Waals surface area contributed by atoms with Gasteiger partial charge in [-0.05, 0) is 30.7 Å². The molecule has 0 aromatic heterocycles. The number of anilines is 1. The maximum Gasteiger partial charge on any atom is 0.242 e. The molecule has 1 rings (SSSR count). The van der Waals surface area contributed by atoms with E-state index in [0.29, 0.717) is 0 Å². The SMILES string of the molecule is C#CCC(N)C(=O)Nc1ccc(Br)cc1C. The van der Waals surface area contributed by atoms with E-state index in [0.717, 1.165) is 15.7 Å². The van der Waals surface area contributed by atoms with Crippen molar-refractivity contribution in [1.29, 1.82) is 0 Å². The Morgan fingerprint density at radius 2 is 2.38 bits per heavy atom. The van der Waals surface area contributed by atoms with Crippen molar-refractivity contribution < 1.29 is 4.79 Å². The van der Waals surface area contributed by atoms with Gasteiger partial charge >= 0.3 is 0 Å². The van der Waals surface area contributed by atoms with Crippen LogP contribution in [0.25, 0.3) is 0 Å². The van der Waals surface area contributed by atoms with Crippen LogP contribution >= 0.6 is 15.9 Å². The number of nitrogens with two attached hydrogens (primary N) is 1. The molecule has 0 bridgehead atoms. The number of terminal acetylenes is 1. The van der Waals surface area contributed by atoms with Crippen molar-refractivity contribution >= 4 is 27.5 Å². The van der Waals surface area contributed by atoms with E-state index in [1.807, 2.05) is 25.1 Å². The first-order chi connectivity index (χ1) is 7.54. The van der Waals surface area contributed by atoms with Crippen LogP contribution in [0.15, 0.2) is 22.7 Å². The van der Waals surface area contributed by atoms with E-state index in [4.69, 9.17) is 12.2 Å². The minimum atomic E-state index is -0.659. The van der Waals surface area contributed by atoms with Crippen LogP contribution in [0.2, 0.25) is 0 Å². The Hall–Kier alpha value is -1.31. The number of aryl methyl sites for hydroxylation is 1. The monoisotopic (exact) mass is 280 g/mol. The van der Waals surface area contributed by atoms with Crippen LogP contribution in [0.4, 0.5) is 5.69 Å². The molecule has 0 aliphatic carbocycles.